The van der Waals surface area contributed by atoms with Gasteiger partial charge in [-0.2, -0.15) is 0 Å². The van der Waals surface area contributed by atoms with Crippen molar-refractivity contribution in [2.24, 2.45) is 17.6 Å². The summed E-state index contributed by atoms with van der Waals surface area (Å²) in [6, 6.07) is -0.0262. The first-order valence-corrected chi connectivity index (χ1v) is 11.6. The largest absolute Gasteiger partial charge is 0.327 e. The minimum Gasteiger partial charge on any atom is -0.327 e. The van der Waals surface area contributed by atoms with E-state index in [2.05, 4.69) is 0 Å². The third-order valence-corrected chi connectivity index (χ3v) is 8.89. The third kappa shape index (κ3) is 3.69. The Morgan fingerprint density at radius 2 is 2.00 bits per heavy atom. The number of halogens is 1. The van der Waals surface area contributed by atoms with Crippen LogP contribution in [0.5, 0.6) is 0 Å². The Morgan fingerprint density at radius 3 is 2.64 bits per heavy atom. The van der Waals surface area contributed by atoms with Gasteiger partial charge in [0.15, 0.2) is 9.84 Å². The van der Waals surface area contributed by atoms with Crippen molar-refractivity contribution in [3.63, 3.8) is 0 Å². The average Bonchev–Trinajstić information content (AvgIpc) is 3.44. The maximum absolute atomic E-state index is 13.2. The number of hydrogen-bond acceptors (Lipinski definition) is 5. The number of hydrogen-bond donors (Lipinski definition) is 1. The first kappa shape index (κ1) is 17.6. The van der Waals surface area contributed by atoms with Gasteiger partial charge in [0.25, 0.3) is 0 Å². The quantitative estimate of drug-likeness (QED) is 0.783. The molecule has 25 heavy (non-hydrogen) atoms. The predicted molar refractivity (Wildman–Crippen MR) is 95.4 cm³/mol. The number of rotatable bonds is 7. The van der Waals surface area contributed by atoms with Gasteiger partial charge in [-0.05, 0) is 43.6 Å². The van der Waals surface area contributed by atoms with Crippen molar-refractivity contribution in [2.45, 2.75) is 68.5 Å². The second-order valence-corrected chi connectivity index (χ2v) is 11.0. The number of aryl methyl sites for hydroxylation is 1. The van der Waals surface area contributed by atoms with Gasteiger partial charge in [0.1, 0.15) is 12.0 Å². The lowest BCUT2D eigenvalue weighted by molar-refractivity contribution is -0.119. The summed E-state index contributed by atoms with van der Waals surface area (Å²) in [7, 11) is -3.42. The van der Waals surface area contributed by atoms with Crippen LogP contribution >= 0.6 is 11.3 Å². The highest BCUT2D eigenvalue weighted by Crippen LogP contribution is 2.42. The molecular formula is C18H24FNO3S2. The van der Waals surface area contributed by atoms with Crippen molar-refractivity contribution < 1.29 is 17.6 Å². The number of carbonyl (C=O) groups is 1. The highest BCUT2D eigenvalue weighted by molar-refractivity contribution is 7.91. The van der Waals surface area contributed by atoms with Gasteiger partial charge >= 0.3 is 0 Å². The molecule has 3 atom stereocenters. The monoisotopic (exact) mass is 385 g/mol. The van der Waals surface area contributed by atoms with Gasteiger partial charge in [-0.25, -0.2) is 12.8 Å². The first-order valence-electron chi connectivity index (χ1n) is 9.13. The lowest BCUT2D eigenvalue weighted by Crippen LogP contribution is -2.28. The number of sulfone groups is 1. The van der Waals surface area contributed by atoms with Crippen molar-refractivity contribution >= 4 is 27.0 Å². The normalized spacial score (nSPS) is 28.6. The van der Waals surface area contributed by atoms with Gasteiger partial charge in [-0.1, -0.05) is 12.8 Å². The molecule has 0 radical (unpaired) electrons. The Bertz CT molecular complexity index is 797. The van der Waals surface area contributed by atoms with E-state index in [-0.39, 0.29) is 24.0 Å². The van der Waals surface area contributed by atoms with E-state index in [9.17, 15) is 17.6 Å². The van der Waals surface area contributed by atoms with Crippen molar-refractivity contribution in [1.82, 2.24) is 0 Å². The molecule has 4 rings (SSSR count). The Kier molecular flexibility index (Phi) is 4.53. The van der Waals surface area contributed by atoms with Crippen LogP contribution in [0.3, 0.4) is 0 Å². The van der Waals surface area contributed by atoms with E-state index in [1.807, 2.05) is 0 Å². The highest BCUT2D eigenvalue weighted by Gasteiger charge is 2.44. The van der Waals surface area contributed by atoms with Crippen LogP contribution in [0.4, 0.5) is 4.39 Å². The van der Waals surface area contributed by atoms with Gasteiger partial charge in [0, 0.05) is 22.2 Å². The van der Waals surface area contributed by atoms with E-state index in [4.69, 9.17) is 5.73 Å². The number of nitrogens with two attached hydrogens (primary N) is 1. The van der Waals surface area contributed by atoms with Crippen molar-refractivity contribution in [3.05, 3.63) is 15.3 Å². The third-order valence-electron chi connectivity index (χ3n) is 5.58. The molecule has 3 aliphatic carbocycles. The molecule has 7 heteroatoms. The maximum Gasteiger partial charge on any atom is 0.179 e. The fourth-order valence-electron chi connectivity index (χ4n) is 3.74. The smallest absolute Gasteiger partial charge is 0.179 e. The molecule has 4 nitrogen and oxygen atoms in total. The van der Waals surface area contributed by atoms with Crippen molar-refractivity contribution in [3.8, 4) is 0 Å². The zero-order chi connectivity index (χ0) is 17.8. The van der Waals surface area contributed by atoms with E-state index >= 15 is 0 Å². The van der Waals surface area contributed by atoms with E-state index in [1.54, 1.807) is 0 Å². The van der Waals surface area contributed by atoms with E-state index in [1.165, 1.54) is 11.3 Å². The maximum atomic E-state index is 13.2. The fourth-order valence-corrected chi connectivity index (χ4v) is 7.41. The molecular weight excluding hydrogens is 361 g/mol. The molecule has 1 aromatic heterocycles. The lowest BCUT2D eigenvalue weighted by Gasteiger charge is -2.19. The molecule has 0 unspecified atom stereocenters. The van der Waals surface area contributed by atoms with E-state index < -0.39 is 21.9 Å². The first-order chi connectivity index (χ1) is 11.8. The summed E-state index contributed by atoms with van der Waals surface area (Å²) < 4.78 is 39.3. The number of fused-ring (bicyclic) bond motifs is 1. The Labute approximate surface area is 151 Å². The molecule has 0 aliphatic heterocycles. The minimum atomic E-state index is -3.42. The number of Topliss-reactive ketones (excluding diaryl/α,β-unsaturated/α-hetero) is 1. The zero-order valence-electron chi connectivity index (χ0n) is 14.2. The van der Waals surface area contributed by atoms with E-state index in [0.29, 0.717) is 35.0 Å². The van der Waals surface area contributed by atoms with Crippen LogP contribution in [0.1, 0.15) is 47.4 Å². The summed E-state index contributed by atoms with van der Waals surface area (Å²) in [4.78, 5) is 14.3. The standard InChI is InChI=1S/C18H24FNO3S2/c19-14-8-12(14)15(21)9-17-18(25(22,23)6-5-10-1-2-10)13-7-11(20)3-4-16(13)24-17/h10-12,14H,1-9,20H2/t11-,12-,14-/m0/s1. The number of ketones is 1. The summed E-state index contributed by atoms with van der Waals surface area (Å²) in [6.45, 7) is 0. The minimum absolute atomic E-state index is 0.0262. The molecule has 1 heterocycles. The summed E-state index contributed by atoms with van der Waals surface area (Å²) in [5.74, 6) is -0.000306. The van der Waals surface area contributed by atoms with Gasteiger partial charge in [0.05, 0.1) is 16.6 Å². The number of thiophene rings is 1. The molecule has 0 saturated heterocycles. The molecule has 0 amide bonds. The van der Waals surface area contributed by atoms with Crippen LogP contribution in [-0.4, -0.2) is 32.2 Å². The van der Waals surface area contributed by atoms with E-state index in [0.717, 1.165) is 36.1 Å². The number of alkyl halides is 1. The summed E-state index contributed by atoms with van der Waals surface area (Å²) in [5, 5.41) is 0. The molecule has 3 aliphatic rings. The van der Waals surface area contributed by atoms with Crippen LogP contribution in [0.25, 0.3) is 0 Å². The molecule has 2 saturated carbocycles. The summed E-state index contributed by atoms with van der Waals surface area (Å²) >= 11 is 1.44. The Morgan fingerprint density at radius 1 is 1.28 bits per heavy atom. The predicted octanol–water partition coefficient (Wildman–Crippen LogP) is 2.61. The second kappa shape index (κ2) is 6.43. The topological polar surface area (TPSA) is 77.2 Å². The van der Waals surface area contributed by atoms with Crippen LogP contribution in [0.2, 0.25) is 0 Å². The fraction of sp³-hybridized carbons (Fsp3) is 0.722. The van der Waals surface area contributed by atoms with Crippen LogP contribution < -0.4 is 5.73 Å². The molecule has 1 aromatic rings. The Hall–Kier alpha value is -0.790. The Balaban J connectivity index is 1.66. The zero-order valence-corrected chi connectivity index (χ0v) is 15.8. The van der Waals surface area contributed by atoms with Gasteiger partial charge in [0.2, 0.25) is 0 Å². The van der Waals surface area contributed by atoms with Gasteiger partial charge in [-0.3, -0.25) is 4.79 Å². The SMILES string of the molecule is N[C@H]1CCc2sc(CC(=O)[C@H]3C[C@@H]3F)c(S(=O)(=O)CCC3CC3)c2C1. The lowest BCUT2D eigenvalue weighted by atomic mass is 9.94. The number of carbonyl (C=O) groups excluding carboxylic acids is 1. The average molecular weight is 386 g/mol. The van der Waals surface area contributed by atoms with Crippen molar-refractivity contribution in [1.29, 1.82) is 0 Å². The molecule has 0 spiro atoms. The molecule has 138 valence electrons. The van der Waals surface area contributed by atoms with Gasteiger partial charge < -0.3 is 5.73 Å². The summed E-state index contributed by atoms with van der Waals surface area (Å²) in [5.41, 5.74) is 6.92. The second-order valence-electron chi connectivity index (χ2n) is 7.81. The van der Waals surface area contributed by atoms with Crippen LogP contribution in [-0.2, 0) is 33.9 Å². The summed E-state index contributed by atoms with van der Waals surface area (Å²) in [6.07, 6.45) is 4.42. The molecule has 0 aromatic carbocycles. The molecule has 2 fully saturated rings. The molecule has 0 bridgehead atoms. The van der Waals surface area contributed by atoms with Crippen molar-refractivity contribution in [2.75, 3.05) is 5.75 Å². The molecule has 2 N–H and O–H groups in total. The van der Waals surface area contributed by atoms with Crippen LogP contribution in [0, 0.1) is 11.8 Å². The highest BCUT2D eigenvalue weighted by atomic mass is 32.2. The van der Waals surface area contributed by atoms with Crippen LogP contribution in [0.15, 0.2) is 4.90 Å². The van der Waals surface area contributed by atoms with Gasteiger partial charge in [-0.15, -0.1) is 11.3 Å².